The predicted octanol–water partition coefficient (Wildman–Crippen LogP) is 3.39. The molecule has 0 aliphatic heterocycles. The molecule has 0 aliphatic rings. The molecule has 2 aromatic rings. The van der Waals surface area contributed by atoms with E-state index in [1.54, 1.807) is 40.0 Å². The number of nitrogens with one attached hydrogen (secondary N) is 2. The van der Waals surface area contributed by atoms with Gasteiger partial charge in [0, 0.05) is 18.8 Å². The van der Waals surface area contributed by atoms with Gasteiger partial charge in [-0.25, -0.2) is 8.42 Å². The highest BCUT2D eigenvalue weighted by Crippen LogP contribution is 2.26. The maximum absolute atomic E-state index is 12.9. The van der Waals surface area contributed by atoms with Gasteiger partial charge in [0.05, 0.1) is 24.2 Å². The molecule has 0 aliphatic carbocycles. The molecule has 0 saturated heterocycles. The molecule has 0 atom stereocenters. The number of hydrogen-bond donors (Lipinski definition) is 2. The van der Waals surface area contributed by atoms with Crippen LogP contribution in [0, 0.1) is 13.8 Å². The van der Waals surface area contributed by atoms with Gasteiger partial charge >= 0.3 is 0 Å². The number of ether oxygens (including phenoxy) is 1. The van der Waals surface area contributed by atoms with Crippen molar-refractivity contribution in [3.63, 3.8) is 0 Å². The summed E-state index contributed by atoms with van der Waals surface area (Å²) in [5.74, 6) is 0.356. The molecule has 0 fully saturated rings. The summed E-state index contributed by atoms with van der Waals surface area (Å²) >= 11 is 0. The molecule has 29 heavy (non-hydrogen) atoms. The van der Waals surface area contributed by atoms with Gasteiger partial charge in [-0.15, -0.1) is 0 Å². The zero-order valence-electron chi connectivity index (χ0n) is 17.6. The average Bonchev–Trinajstić information content (AvgIpc) is 2.68. The summed E-state index contributed by atoms with van der Waals surface area (Å²) in [5.41, 5.74) is 2.83. The second kappa shape index (κ2) is 9.76. The molecule has 2 aromatic carbocycles. The lowest BCUT2D eigenvalue weighted by Crippen LogP contribution is -2.31. The number of aryl methyl sites for hydroxylation is 2. The largest absolute Gasteiger partial charge is 0.495 e. The third-order valence-corrected chi connectivity index (χ3v) is 6.78. The molecule has 1 amide bonds. The van der Waals surface area contributed by atoms with E-state index in [1.165, 1.54) is 10.4 Å². The number of hydrogen-bond acceptors (Lipinski definition) is 5. The van der Waals surface area contributed by atoms with Crippen molar-refractivity contribution < 1.29 is 17.9 Å². The Morgan fingerprint density at radius 3 is 2.38 bits per heavy atom. The van der Waals surface area contributed by atoms with E-state index in [0.717, 1.165) is 11.3 Å². The molecule has 2 rings (SSSR count). The van der Waals surface area contributed by atoms with Crippen molar-refractivity contribution in [2.75, 3.05) is 37.4 Å². The summed E-state index contributed by atoms with van der Waals surface area (Å²) < 4.78 is 32.4. The molecular formula is C21H29N3O4S. The molecule has 0 heterocycles. The number of benzene rings is 2. The highest BCUT2D eigenvalue weighted by Gasteiger charge is 2.24. The van der Waals surface area contributed by atoms with Gasteiger partial charge in [-0.1, -0.05) is 26.0 Å². The van der Waals surface area contributed by atoms with Crippen LogP contribution in [0.4, 0.5) is 11.4 Å². The summed E-state index contributed by atoms with van der Waals surface area (Å²) in [5, 5.41) is 5.81. The van der Waals surface area contributed by atoms with Gasteiger partial charge in [-0.05, 0) is 49.2 Å². The number of methoxy groups -OCH3 is 1. The third kappa shape index (κ3) is 5.48. The lowest BCUT2D eigenvalue weighted by atomic mass is 10.2. The standard InChI is InChI=1S/C21H29N3O4S/c1-6-24(7-2)29(26,27)20-13-17(10-9-16(20)4)23-21(25)14-22-18-12-15(3)8-11-19(18)28-5/h8-13,22H,6-7,14H2,1-5H3,(H,23,25). The Kier molecular flexibility index (Phi) is 7.64. The van der Waals surface area contributed by atoms with Crippen LogP contribution >= 0.6 is 0 Å². The molecule has 7 nitrogen and oxygen atoms in total. The van der Waals surface area contributed by atoms with Crippen molar-refractivity contribution in [2.45, 2.75) is 32.6 Å². The Labute approximate surface area is 173 Å². The fourth-order valence-corrected chi connectivity index (χ4v) is 4.71. The molecule has 0 radical (unpaired) electrons. The molecule has 0 unspecified atom stereocenters. The van der Waals surface area contributed by atoms with Gasteiger partial charge < -0.3 is 15.4 Å². The van der Waals surface area contributed by atoms with Crippen LogP contribution < -0.4 is 15.4 Å². The van der Waals surface area contributed by atoms with E-state index in [4.69, 9.17) is 4.74 Å². The number of amides is 1. The first-order chi connectivity index (χ1) is 13.7. The first-order valence-electron chi connectivity index (χ1n) is 9.52. The Hall–Kier alpha value is -2.58. The average molecular weight is 420 g/mol. The van der Waals surface area contributed by atoms with Gasteiger partial charge in [0.1, 0.15) is 5.75 Å². The maximum atomic E-state index is 12.9. The molecule has 0 spiro atoms. The molecular weight excluding hydrogens is 390 g/mol. The van der Waals surface area contributed by atoms with Crippen LogP contribution in [0.1, 0.15) is 25.0 Å². The van der Waals surface area contributed by atoms with E-state index in [1.807, 2.05) is 25.1 Å². The summed E-state index contributed by atoms with van der Waals surface area (Å²) in [6.45, 7) is 8.09. The Morgan fingerprint density at radius 2 is 1.76 bits per heavy atom. The summed E-state index contributed by atoms with van der Waals surface area (Å²) in [6, 6.07) is 10.6. The van der Waals surface area contributed by atoms with Gasteiger partial charge in [0.2, 0.25) is 15.9 Å². The van der Waals surface area contributed by atoms with E-state index >= 15 is 0 Å². The minimum absolute atomic E-state index is 0.0197. The maximum Gasteiger partial charge on any atom is 0.243 e. The monoisotopic (exact) mass is 419 g/mol. The van der Waals surface area contributed by atoms with E-state index in [-0.39, 0.29) is 17.3 Å². The first-order valence-corrected chi connectivity index (χ1v) is 11.0. The minimum atomic E-state index is -3.61. The number of carbonyl (C=O) groups excluding carboxylic acids is 1. The van der Waals surface area contributed by atoms with Crippen molar-refractivity contribution in [2.24, 2.45) is 0 Å². The van der Waals surface area contributed by atoms with Crippen molar-refractivity contribution in [1.29, 1.82) is 0 Å². The molecule has 8 heteroatoms. The fourth-order valence-electron chi connectivity index (χ4n) is 3.00. The Bertz CT molecular complexity index is 970. The predicted molar refractivity (Wildman–Crippen MR) is 116 cm³/mol. The van der Waals surface area contributed by atoms with Crippen LogP contribution in [0.25, 0.3) is 0 Å². The van der Waals surface area contributed by atoms with Crippen molar-refractivity contribution >= 4 is 27.3 Å². The lowest BCUT2D eigenvalue weighted by molar-refractivity contribution is -0.114. The van der Waals surface area contributed by atoms with Crippen LogP contribution in [0.5, 0.6) is 5.75 Å². The number of sulfonamides is 1. The van der Waals surface area contributed by atoms with E-state index in [2.05, 4.69) is 10.6 Å². The highest BCUT2D eigenvalue weighted by atomic mass is 32.2. The van der Waals surface area contributed by atoms with Crippen molar-refractivity contribution in [3.8, 4) is 5.75 Å². The quantitative estimate of drug-likeness (QED) is 0.650. The van der Waals surface area contributed by atoms with Crippen LogP contribution in [0.15, 0.2) is 41.3 Å². The SMILES string of the molecule is CCN(CC)S(=O)(=O)c1cc(NC(=O)CNc2cc(C)ccc2OC)ccc1C. The number of anilines is 2. The van der Waals surface area contributed by atoms with Crippen LogP contribution in [-0.2, 0) is 14.8 Å². The molecule has 158 valence electrons. The molecule has 0 aromatic heterocycles. The van der Waals surface area contributed by atoms with Gasteiger partial charge in [-0.3, -0.25) is 4.79 Å². The van der Waals surface area contributed by atoms with Gasteiger partial charge in [0.15, 0.2) is 0 Å². The second-order valence-electron chi connectivity index (χ2n) is 6.68. The van der Waals surface area contributed by atoms with E-state index in [0.29, 0.717) is 30.1 Å². The Balaban J connectivity index is 2.15. The summed E-state index contributed by atoms with van der Waals surface area (Å²) in [4.78, 5) is 12.6. The number of rotatable bonds is 9. The van der Waals surface area contributed by atoms with E-state index in [9.17, 15) is 13.2 Å². The molecule has 0 bridgehead atoms. The third-order valence-electron chi connectivity index (χ3n) is 4.59. The normalized spacial score (nSPS) is 11.4. The van der Waals surface area contributed by atoms with Crippen molar-refractivity contribution in [3.05, 3.63) is 47.5 Å². The zero-order chi connectivity index (χ0) is 21.6. The van der Waals surface area contributed by atoms with Gasteiger partial charge in [0.25, 0.3) is 0 Å². The zero-order valence-corrected chi connectivity index (χ0v) is 18.4. The van der Waals surface area contributed by atoms with Crippen LogP contribution in [0.2, 0.25) is 0 Å². The minimum Gasteiger partial charge on any atom is -0.495 e. The fraction of sp³-hybridized carbons (Fsp3) is 0.381. The second-order valence-corrected chi connectivity index (χ2v) is 8.58. The number of nitrogens with zero attached hydrogens (tertiary/aromatic N) is 1. The van der Waals surface area contributed by atoms with Crippen LogP contribution in [-0.4, -0.2) is 45.4 Å². The Morgan fingerprint density at radius 1 is 1.07 bits per heavy atom. The topological polar surface area (TPSA) is 87.7 Å². The molecule has 0 saturated carbocycles. The van der Waals surface area contributed by atoms with Crippen molar-refractivity contribution in [1.82, 2.24) is 4.31 Å². The van der Waals surface area contributed by atoms with Crippen LogP contribution in [0.3, 0.4) is 0 Å². The number of carbonyl (C=O) groups is 1. The van der Waals surface area contributed by atoms with Gasteiger partial charge in [-0.2, -0.15) is 4.31 Å². The smallest absolute Gasteiger partial charge is 0.243 e. The summed E-state index contributed by atoms with van der Waals surface area (Å²) in [7, 11) is -2.04. The lowest BCUT2D eigenvalue weighted by Gasteiger charge is -2.20. The summed E-state index contributed by atoms with van der Waals surface area (Å²) in [6.07, 6.45) is 0. The highest BCUT2D eigenvalue weighted by molar-refractivity contribution is 7.89. The van der Waals surface area contributed by atoms with E-state index < -0.39 is 10.0 Å². The molecule has 2 N–H and O–H groups in total. The first kappa shape index (κ1) is 22.7.